The average molecular weight is 406 g/mol. The average Bonchev–Trinajstić information content (AvgIpc) is 3.29. The van der Waals surface area contributed by atoms with Crippen molar-refractivity contribution in [2.75, 3.05) is 26.7 Å². The minimum absolute atomic E-state index is 0.0336. The topological polar surface area (TPSA) is 71.8 Å². The molecule has 6 heteroatoms. The van der Waals surface area contributed by atoms with Crippen LogP contribution >= 0.6 is 0 Å². The molecule has 1 saturated heterocycles. The smallest absolute Gasteiger partial charge is 0.287 e. The van der Waals surface area contributed by atoms with Crippen LogP contribution in [0.3, 0.4) is 0 Å². The molecule has 156 valence electrons. The van der Waals surface area contributed by atoms with Crippen molar-refractivity contribution in [2.24, 2.45) is 0 Å². The van der Waals surface area contributed by atoms with Gasteiger partial charge in [0.15, 0.2) is 11.2 Å². The van der Waals surface area contributed by atoms with Gasteiger partial charge in [-0.25, -0.2) is 0 Å². The number of likely N-dealkylation sites (tertiary alicyclic amines) is 1. The summed E-state index contributed by atoms with van der Waals surface area (Å²) in [6, 6.07) is 14.6. The largest absolute Gasteiger partial charge is 0.497 e. The molecule has 1 atom stereocenters. The Kier molecular flexibility index (Phi) is 5.86. The SMILES string of the molecule is COc1ccc(C(CNC(=O)c2cc(=O)c3cc(C)ccc3o2)N2CCCC2)cc1. The molecule has 0 saturated carbocycles. The first kappa shape index (κ1) is 20.2. The summed E-state index contributed by atoms with van der Waals surface area (Å²) in [5, 5.41) is 3.45. The van der Waals surface area contributed by atoms with Crippen molar-refractivity contribution < 1.29 is 13.9 Å². The van der Waals surface area contributed by atoms with E-state index in [1.165, 1.54) is 6.07 Å². The lowest BCUT2D eigenvalue weighted by Crippen LogP contribution is -2.37. The van der Waals surface area contributed by atoms with Crippen molar-refractivity contribution in [3.05, 3.63) is 75.6 Å². The first-order valence-corrected chi connectivity index (χ1v) is 10.3. The molecule has 30 heavy (non-hydrogen) atoms. The number of ether oxygens (including phenoxy) is 1. The van der Waals surface area contributed by atoms with Crippen LogP contribution in [0.1, 0.15) is 40.6 Å². The molecule has 1 aliphatic rings. The fraction of sp³-hybridized carbons (Fsp3) is 0.333. The van der Waals surface area contributed by atoms with E-state index in [1.54, 1.807) is 19.2 Å². The Morgan fingerprint density at radius 2 is 1.87 bits per heavy atom. The normalized spacial score (nSPS) is 15.3. The number of amides is 1. The number of rotatable bonds is 6. The molecular weight excluding hydrogens is 380 g/mol. The fourth-order valence-corrected chi connectivity index (χ4v) is 4.00. The zero-order chi connectivity index (χ0) is 21.1. The molecule has 6 nitrogen and oxygen atoms in total. The van der Waals surface area contributed by atoms with Gasteiger partial charge in [0.05, 0.1) is 18.5 Å². The third-order valence-corrected chi connectivity index (χ3v) is 5.64. The molecule has 0 bridgehead atoms. The fourth-order valence-electron chi connectivity index (χ4n) is 4.00. The van der Waals surface area contributed by atoms with Gasteiger partial charge in [0.25, 0.3) is 5.91 Å². The van der Waals surface area contributed by atoms with E-state index in [0.717, 1.165) is 42.8 Å². The van der Waals surface area contributed by atoms with Crippen molar-refractivity contribution in [3.63, 3.8) is 0 Å². The Hall–Kier alpha value is -3.12. The third kappa shape index (κ3) is 4.24. The summed E-state index contributed by atoms with van der Waals surface area (Å²) in [6.45, 7) is 4.34. The van der Waals surface area contributed by atoms with E-state index in [4.69, 9.17) is 9.15 Å². The van der Waals surface area contributed by atoms with Crippen LogP contribution in [0.25, 0.3) is 11.0 Å². The maximum atomic E-state index is 12.8. The number of carbonyl (C=O) groups excluding carboxylic acids is 1. The minimum Gasteiger partial charge on any atom is -0.497 e. The first-order valence-electron chi connectivity index (χ1n) is 10.3. The summed E-state index contributed by atoms with van der Waals surface area (Å²) in [6.07, 6.45) is 2.30. The van der Waals surface area contributed by atoms with Gasteiger partial charge in [-0.1, -0.05) is 23.8 Å². The van der Waals surface area contributed by atoms with E-state index >= 15 is 0 Å². The highest BCUT2D eigenvalue weighted by atomic mass is 16.5. The molecule has 0 spiro atoms. The quantitative estimate of drug-likeness (QED) is 0.676. The van der Waals surface area contributed by atoms with E-state index in [0.29, 0.717) is 17.5 Å². The molecule has 1 unspecified atom stereocenters. The number of nitrogens with one attached hydrogen (secondary N) is 1. The predicted molar refractivity (Wildman–Crippen MR) is 116 cm³/mol. The van der Waals surface area contributed by atoms with Gasteiger partial charge in [-0.2, -0.15) is 0 Å². The van der Waals surface area contributed by atoms with Gasteiger partial charge in [-0.15, -0.1) is 0 Å². The minimum atomic E-state index is -0.382. The molecule has 2 heterocycles. The van der Waals surface area contributed by atoms with Crippen molar-refractivity contribution >= 4 is 16.9 Å². The Bertz CT molecular complexity index is 1100. The lowest BCUT2D eigenvalue weighted by atomic mass is 10.1. The van der Waals surface area contributed by atoms with Crippen LogP contribution in [-0.2, 0) is 0 Å². The van der Waals surface area contributed by atoms with Crippen molar-refractivity contribution in [2.45, 2.75) is 25.8 Å². The monoisotopic (exact) mass is 406 g/mol. The van der Waals surface area contributed by atoms with Crippen LogP contribution in [0, 0.1) is 6.92 Å². The number of hydrogen-bond acceptors (Lipinski definition) is 5. The molecule has 0 radical (unpaired) electrons. The number of fused-ring (bicyclic) bond motifs is 1. The summed E-state index contributed by atoms with van der Waals surface area (Å²) in [5.74, 6) is 0.453. The summed E-state index contributed by atoms with van der Waals surface area (Å²) >= 11 is 0. The van der Waals surface area contributed by atoms with Gasteiger partial charge in [0.2, 0.25) is 0 Å². The molecule has 1 fully saturated rings. The zero-order valence-corrected chi connectivity index (χ0v) is 17.3. The molecule has 2 aromatic carbocycles. The molecule has 0 aliphatic carbocycles. The molecule has 1 aliphatic heterocycles. The van der Waals surface area contributed by atoms with Crippen LogP contribution < -0.4 is 15.5 Å². The Morgan fingerprint density at radius 1 is 1.13 bits per heavy atom. The van der Waals surface area contributed by atoms with Gasteiger partial charge < -0.3 is 14.5 Å². The summed E-state index contributed by atoms with van der Waals surface area (Å²) in [4.78, 5) is 27.6. The van der Waals surface area contributed by atoms with E-state index in [9.17, 15) is 9.59 Å². The predicted octanol–water partition coefficient (Wildman–Crippen LogP) is 3.68. The molecular formula is C24H26N2O4. The van der Waals surface area contributed by atoms with Gasteiger partial charge in [0, 0.05) is 12.6 Å². The molecule has 1 N–H and O–H groups in total. The number of benzene rings is 2. The first-order chi connectivity index (χ1) is 14.5. The van der Waals surface area contributed by atoms with Crippen LogP contribution in [0.15, 0.2) is 57.7 Å². The highest BCUT2D eigenvalue weighted by molar-refractivity contribution is 5.93. The van der Waals surface area contributed by atoms with Crippen molar-refractivity contribution in [1.29, 1.82) is 0 Å². The van der Waals surface area contributed by atoms with Gasteiger partial charge >= 0.3 is 0 Å². The number of methoxy groups -OCH3 is 1. The maximum absolute atomic E-state index is 12.8. The zero-order valence-electron chi connectivity index (χ0n) is 17.3. The number of aryl methyl sites for hydroxylation is 1. The molecule has 1 aromatic heterocycles. The summed E-state index contributed by atoms with van der Waals surface area (Å²) in [7, 11) is 1.64. The standard InChI is InChI=1S/C24H26N2O4/c1-16-5-10-22-19(13-16)21(27)14-23(30-22)24(28)25-15-20(26-11-3-4-12-26)17-6-8-18(29-2)9-7-17/h5-10,13-14,20H,3-4,11-12,15H2,1-2H3,(H,25,28). The Morgan fingerprint density at radius 3 is 2.57 bits per heavy atom. The number of carbonyl (C=O) groups is 1. The molecule has 4 rings (SSSR count). The van der Waals surface area contributed by atoms with E-state index in [-0.39, 0.29) is 23.1 Å². The third-order valence-electron chi connectivity index (χ3n) is 5.64. The van der Waals surface area contributed by atoms with Crippen LogP contribution in [0.4, 0.5) is 0 Å². The van der Waals surface area contributed by atoms with Crippen LogP contribution in [-0.4, -0.2) is 37.6 Å². The van der Waals surface area contributed by atoms with Crippen molar-refractivity contribution in [1.82, 2.24) is 10.2 Å². The second-order valence-corrected chi connectivity index (χ2v) is 7.72. The van der Waals surface area contributed by atoms with Gasteiger partial charge in [-0.3, -0.25) is 14.5 Å². The van der Waals surface area contributed by atoms with E-state index in [1.807, 2.05) is 37.3 Å². The van der Waals surface area contributed by atoms with Crippen LogP contribution in [0.2, 0.25) is 0 Å². The lowest BCUT2D eigenvalue weighted by molar-refractivity contribution is 0.0910. The highest BCUT2D eigenvalue weighted by Crippen LogP contribution is 2.26. The lowest BCUT2D eigenvalue weighted by Gasteiger charge is -2.28. The molecule has 1 amide bonds. The maximum Gasteiger partial charge on any atom is 0.287 e. The van der Waals surface area contributed by atoms with Gasteiger partial charge in [0.1, 0.15) is 11.3 Å². The van der Waals surface area contributed by atoms with E-state index in [2.05, 4.69) is 10.2 Å². The van der Waals surface area contributed by atoms with Crippen LogP contribution in [0.5, 0.6) is 5.75 Å². The summed E-state index contributed by atoms with van der Waals surface area (Å²) < 4.78 is 11.0. The number of nitrogens with zero attached hydrogens (tertiary/aromatic N) is 1. The molecule has 3 aromatic rings. The highest BCUT2D eigenvalue weighted by Gasteiger charge is 2.24. The van der Waals surface area contributed by atoms with E-state index < -0.39 is 0 Å². The van der Waals surface area contributed by atoms with Gasteiger partial charge in [-0.05, 0) is 62.7 Å². The second kappa shape index (κ2) is 8.71. The Balaban J connectivity index is 1.54. The second-order valence-electron chi connectivity index (χ2n) is 7.72. The number of hydrogen-bond donors (Lipinski definition) is 1. The Labute approximate surface area is 175 Å². The van der Waals surface area contributed by atoms with Crippen molar-refractivity contribution in [3.8, 4) is 5.75 Å². The summed E-state index contributed by atoms with van der Waals surface area (Å²) in [5.41, 5.74) is 2.30.